The van der Waals surface area contributed by atoms with Crippen LogP contribution in [0.4, 0.5) is 19.0 Å². The Labute approximate surface area is 795 Å². The van der Waals surface area contributed by atoms with Gasteiger partial charge in [-0.05, 0) is 138 Å². The van der Waals surface area contributed by atoms with Gasteiger partial charge in [-0.15, -0.1) is 0 Å². The van der Waals surface area contributed by atoms with Crippen LogP contribution in [-0.4, -0.2) is 281 Å². The van der Waals surface area contributed by atoms with E-state index in [1.165, 1.54) is 131 Å². The minimum atomic E-state index is -3.74. The van der Waals surface area contributed by atoms with Crippen LogP contribution < -0.4 is 52.2 Å². The van der Waals surface area contributed by atoms with E-state index < -0.39 is 252 Å². The quantitative estimate of drug-likeness (QED) is 0.0102. The SMILES string of the molecule is C.CC(C)OC(=O)[C@H](C)NP(C)(=O)OC[C@H]1O[C@@H](n2ccc(=O)[nH]c2=O)C(F)[C@@]1(C)COP(C)(=O)N[C@@H](C)C(=O)OC(C)C.COc1nc(C)nc2c1ncn2[C@@H]1O[C@H](COP(C)(=O)N[C@@H](C)C(=O)OC(C)C)[C@](C)(COP(C)(=O)N[C@@H](C)C(=O)OC(C)C)C1F.Cc1nc(N)c2ncn([C@@H]3O[C@H](COP(C)(=O)N[C@@H](C)C(=O)OC(C)C)[C@](C)(COP(C)(=O)N[C@@H](C)C(=O)OC(C)C)C3F)c2n1. The van der Waals surface area contributed by atoms with Crippen LogP contribution >= 0.6 is 45.1 Å². The number of methoxy groups -OCH3 is 1. The number of aromatic nitrogens is 10. The lowest BCUT2D eigenvalue weighted by molar-refractivity contribution is -0.149. The van der Waals surface area contributed by atoms with Crippen LogP contribution in [0.1, 0.15) is 183 Å². The number of H-pyrrole nitrogens is 1. The lowest BCUT2D eigenvalue weighted by Gasteiger charge is -2.33. The fourth-order valence-corrected chi connectivity index (χ4v) is 21.9. The minimum Gasteiger partial charge on any atom is -0.479 e. The fraction of sp³-hybridized carbons (Fsp3) is 0.753. The second-order valence-corrected chi connectivity index (χ2v) is 49.4. The van der Waals surface area contributed by atoms with Gasteiger partial charge >= 0.3 is 41.5 Å². The molecule has 780 valence electrons. The number of ether oxygens (including phenoxy) is 10. The van der Waals surface area contributed by atoms with Crippen molar-refractivity contribution in [2.45, 2.75) is 295 Å². The number of alkyl halides is 3. The van der Waals surface area contributed by atoms with Gasteiger partial charge in [0, 0.05) is 52.3 Å². The minimum absolute atomic E-state index is 0. The van der Waals surface area contributed by atoms with Crippen molar-refractivity contribution in [2.24, 2.45) is 16.2 Å². The molecule has 0 aromatic carbocycles. The number of carbonyl (C=O) groups excluding carboxylic acids is 6. The van der Waals surface area contributed by atoms with E-state index in [2.05, 4.69) is 60.4 Å². The van der Waals surface area contributed by atoms with Gasteiger partial charge in [0.05, 0.1) is 131 Å². The van der Waals surface area contributed by atoms with E-state index in [9.17, 15) is 65.7 Å². The molecule has 3 aliphatic heterocycles. The second-order valence-electron chi connectivity index (χ2n) is 36.2. The van der Waals surface area contributed by atoms with Gasteiger partial charge < -0.3 is 80.2 Å². The molecular weight excluding hydrogens is 1930 g/mol. The summed E-state index contributed by atoms with van der Waals surface area (Å²) in [6.45, 7) is 41.2. The Bertz CT molecular complexity index is 5410. The van der Waals surface area contributed by atoms with Crippen molar-refractivity contribution in [3.63, 3.8) is 0 Å². The maximum Gasteiger partial charge on any atom is 0.330 e. The molecule has 8 heterocycles. The van der Waals surface area contributed by atoms with Gasteiger partial charge in [-0.25, -0.2) is 73.4 Å². The number of nitrogens with zero attached hydrogens (tertiary/aromatic N) is 9. The zero-order chi connectivity index (χ0) is 103. The topological polar surface area (TPSA) is 593 Å². The first kappa shape index (κ1) is 120. The third kappa shape index (κ3) is 34.0. The summed E-state index contributed by atoms with van der Waals surface area (Å²) in [6.07, 6.45) is -12.0. The number of imidazole rings is 2. The first-order chi connectivity index (χ1) is 62.5. The van der Waals surface area contributed by atoms with Crippen LogP contribution in [0.15, 0.2) is 34.5 Å². The summed E-state index contributed by atoms with van der Waals surface area (Å²) in [6, 6.07) is -4.90. The van der Waals surface area contributed by atoms with Crippen molar-refractivity contribution in [3.8, 4) is 5.88 Å². The first-order valence-electron chi connectivity index (χ1n) is 43.7. The van der Waals surface area contributed by atoms with Gasteiger partial charge in [0.25, 0.3) is 50.7 Å². The molecule has 0 radical (unpaired) electrons. The van der Waals surface area contributed by atoms with E-state index in [1.54, 1.807) is 96.9 Å². The second kappa shape index (κ2) is 49.6. The van der Waals surface area contributed by atoms with E-state index in [4.69, 9.17) is 80.2 Å². The Hall–Kier alpha value is -7.23. The van der Waals surface area contributed by atoms with E-state index in [1.807, 2.05) is 4.98 Å². The average Bonchev–Trinajstić information content (AvgIpc) is 1.58. The van der Waals surface area contributed by atoms with Gasteiger partial charge in [-0.2, -0.15) is 4.98 Å². The maximum absolute atomic E-state index is 16.7. The number of halogens is 3. The van der Waals surface area contributed by atoms with Crippen molar-refractivity contribution >= 4 is 109 Å². The van der Waals surface area contributed by atoms with Crippen LogP contribution in [0.25, 0.3) is 22.3 Å². The number of nitrogens with one attached hydrogen (secondary N) is 7. The summed E-state index contributed by atoms with van der Waals surface area (Å²) in [5.41, 5.74) is 0.600. The number of anilines is 1. The number of nitrogen functional groups attached to an aromatic ring is 1. The van der Waals surface area contributed by atoms with Gasteiger partial charge in [0.2, 0.25) is 5.88 Å². The molecule has 8 rings (SSSR count). The van der Waals surface area contributed by atoms with E-state index >= 15 is 13.2 Å². The largest absolute Gasteiger partial charge is 0.479 e. The Balaban J connectivity index is 0.000000362. The Kier molecular flexibility index (Phi) is 43.6. The number of carbonyl (C=O) groups is 6. The molecule has 56 heteroatoms. The number of aromatic amines is 1. The van der Waals surface area contributed by atoms with Crippen molar-refractivity contribution < 1.29 is 144 Å². The van der Waals surface area contributed by atoms with Crippen LogP contribution in [-0.2, 0) is 126 Å². The molecule has 0 aliphatic carbocycles. The first-order valence-corrected chi connectivity index (χ1v) is 56.1. The summed E-state index contributed by atoms with van der Waals surface area (Å²) < 4.78 is 222. The summed E-state index contributed by atoms with van der Waals surface area (Å²) in [7, 11) is -20.8. The van der Waals surface area contributed by atoms with E-state index in [-0.39, 0.29) is 65.9 Å². The van der Waals surface area contributed by atoms with Crippen LogP contribution in [0, 0.1) is 30.1 Å². The van der Waals surface area contributed by atoms with Crippen molar-refractivity contribution in [1.29, 1.82) is 0 Å². The zero-order valence-electron chi connectivity index (χ0n) is 82.3. The normalized spacial score (nSPS) is 25.6. The van der Waals surface area contributed by atoms with Crippen molar-refractivity contribution in [3.05, 3.63) is 57.4 Å². The van der Waals surface area contributed by atoms with Gasteiger partial charge in [-0.3, -0.25) is 79.6 Å². The molecular formula is C81H140F3N17O30P6. The molecule has 0 amide bonds. The number of nitrogens with two attached hydrogens (primary N) is 1. The molecule has 5 aromatic heterocycles. The highest BCUT2D eigenvalue weighted by molar-refractivity contribution is 7.57. The van der Waals surface area contributed by atoms with Gasteiger partial charge in [0.15, 0.2) is 59.8 Å². The average molecular weight is 2070 g/mol. The molecule has 0 spiro atoms. The number of hydrogen-bond donors (Lipinski definition) is 8. The number of rotatable bonds is 46. The Morgan fingerprint density at radius 2 is 0.672 bits per heavy atom. The maximum atomic E-state index is 16.7. The number of hydrogen-bond acceptors (Lipinski definition) is 37. The smallest absolute Gasteiger partial charge is 0.330 e. The molecule has 47 nitrogen and oxygen atoms in total. The third-order valence-corrected chi connectivity index (χ3v) is 29.7. The molecule has 5 aromatic rings. The standard InChI is InChI=1S/C28H47FN6O10P2.C27H46FN7O9P2.C25H43FN4O11P2.CH4/c1-15(2)43-26(36)17(5)33-46(10,38)41-12-20-28(8,13-42-47(11,39)34-18(6)27(37)44-16(3)4)22(29)25(45-20)35-14-30-21-23(35)31-19(7)32-24(21)40-9;1-14(2)42-25(36)16(5)33-45(9,38)40-11-19-27(8,12-41-46(10,39)34-17(6)26(37)43-15(3)4)21(28)24(44-19)35-13-30-20-22(29)31-18(7)32-23(20)35;1-14(2)39-22(32)16(5)28-42(8,35)37-12-18-25(7,13-38-43(9,36)29-17(6)23(33)40-15(3)4)20(26)21(41-18)30-11-10-19(31)27-24(30)34;/h14-18,20,22,25H,12-13H2,1-11H3,(H,33,38)(H,34,39);13-17,19,21,24H,11-12H2,1-10H3,(H,33,38)(H,34,39)(H2,29,31,32);10-11,14-18,20-21H,12-13H2,1-9H3,(H,28,35)(H,29,36)(H,27,31,34);1H4/t17-,18-,20+,22?,25+,28-,46?,47?;16-,17-,19+,21?,24+,27-,45?,46?;16-,17-,18+,20?,21+,25-,42?,43?;/m000./s1. The highest BCUT2D eigenvalue weighted by Crippen LogP contribution is 2.56. The molecule has 9 N–H and O–H groups in total. The van der Waals surface area contributed by atoms with Crippen molar-refractivity contribution in [1.82, 2.24) is 79.1 Å². The molecule has 3 saturated heterocycles. The van der Waals surface area contributed by atoms with Crippen LogP contribution in [0.3, 0.4) is 0 Å². The summed E-state index contributed by atoms with van der Waals surface area (Å²) in [5, 5.41) is 15.7. The highest BCUT2D eigenvalue weighted by Gasteiger charge is 2.60. The molecule has 24 atom stereocenters. The fourth-order valence-electron chi connectivity index (χ4n) is 13.8. The Morgan fingerprint density at radius 3 is 0.934 bits per heavy atom. The predicted octanol–water partition coefficient (Wildman–Crippen LogP) is 10.4. The number of fused-ring (bicyclic) bond motifs is 2. The zero-order valence-corrected chi connectivity index (χ0v) is 87.7. The molecule has 3 fully saturated rings. The summed E-state index contributed by atoms with van der Waals surface area (Å²) in [4.78, 5) is 125. The molecule has 137 heavy (non-hydrogen) atoms. The lowest BCUT2D eigenvalue weighted by atomic mass is 9.82. The molecule has 0 saturated carbocycles. The van der Waals surface area contributed by atoms with Gasteiger partial charge in [-0.1, -0.05) is 28.2 Å². The van der Waals surface area contributed by atoms with E-state index in [0.717, 1.165) is 16.8 Å². The monoisotopic (exact) mass is 2070 g/mol. The van der Waals surface area contributed by atoms with Crippen LogP contribution in [0.5, 0.6) is 5.88 Å². The van der Waals surface area contributed by atoms with E-state index in [0.29, 0.717) is 11.6 Å². The molecule has 0 bridgehead atoms. The Morgan fingerprint density at radius 1 is 0.423 bits per heavy atom. The lowest BCUT2D eigenvalue weighted by Crippen LogP contribution is -2.43. The third-order valence-electron chi connectivity index (χ3n) is 20.8. The summed E-state index contributed by atoms with van der Waals surface area (Å²) >= 11 is 0. The van der Waals surface area contributed by atoms with Crippen LogP contribution in [0.2, 0.25) is 0 Å². The summed E-state index contributed by atoms with van der Waals surface area (Å²) in [5.74, 6) is -2.86. The predicted molar refractivity (Wildman–Crippen MR) is 500 cm³/mol. The number of aryl methyl sites for hydroxylation is 2. The number of esters is 6. The highest BCUT2D eigenvalue weighted by atomic mass is 31.2. The van der Waals surface area contributed by atoms with Crippen molar-refractivity contribution in [2.75, 3.05) is 92.5 Å². The molecule has 9 unspecified atom stereocenters. The van der Waals surface area contributed by atoms with Gasteiger partial charge in [0.1, 0.15) is 53.4 Å². The molecule has 3 aliphatic rings.